The number of alkyl halides is 3. The molecule has 2 rings (SSSR count). The second-order valence-electron chi connectivity index (χ2n) is 4.97. The fraction of sp³-hybridized carbons (Fsp3) is 0.462. The largest absolute Gasteiger partial charge is 0.573 e. The van der Waals surface area contributed by atoms with Gasteiger partial charge >= 0.3 is 6.36 Å². The lowest BCUT2D eigenvalue weighted by Crippen LogP contribution is -2.17. The van der Waals surface area contributed by atoms with E-state index in [0.29, 0.717) is 6.42 Å². The van der Waals surface area contributed by atoms with E-state index in [0.717, 1.165) is 12.1 Å². The van der Waals surface area contributed by atoms with Crippen LogP contribution in [0.1, 0.15) is 23.2 Å². The highest BCUT2D eigenvalue weighted by atomic mass is 32.2. The zero-order chi connectivity index (χ0) is 15.7. The number of rotatable bonds is 4. The van der Waals surface area contributed by atoms with E-state index in [9.17, 15) is 26.4 Å². The van der Waals surface area contributed by atoms with E-state index in [4.69, 9.17) is 0 Å². The predicted molar refractivity (Wildman–Crippen MR) is 68.8 cm³/mol. The molecule has 0 saturated carbocycles. The van der Waals surface area contributed by atoms with E-state index in [-0.39, 0.29) is 35.2 Å². The molecular formula is C13H13F3O4S. The summed E-state index contributed by atoms with van der Waals surface area (Å²) in [6.45, 7) is 0. The molecule has 1 saturated heterocycles. The lowest BCUT2D eigenvalue weighted by atomic mass is 9.98. The van der Waals surface area contributed by atoms with Crippen molar-refractivity contribution in [3.05, 3.63) is 29.8 Å². The van der Waals surface area contributed by atoms with Crippen LogP contribution in [0.15, 0.2) is 24.3 Å². The number of carbonyl (C=O) groups excluding carboxylic acids is 1. The molecule has 8 heteroatoms. The Morgan fingerprint density at radius 1 is 1.33 bits per heavy atom. The van der Waals surface area contributed by atoms with Gasteiger partial charge in [0.15, 0.2) is 15.6 Å². The second kappa shape index (κ2) is 5.67. The standard InChI is InChI=1S/C13H13F3O4S/c14-13(15,16)20-11-3-1-2-10(7-11)12(17)6-9-4-5-21(18,19)8-9/h1-3,7,9H,4-6,8H2. The van der Waals surface area contributed by atoms with Gasteiger partial charge in [0.05, 0.1) is 11.5 Å². The molecule has 0 amide bonds. The first-order chi connectivity index (χ1) is 9.65. The van der Waals surface area contributed by atoms with Gasteiger partial charge in [-0.05, 0) is 24.5 Å². The van der Waals surface area contributed by atoms with Crippen LogP contribution in [0.5, 0.6) is 5.75 Å². The number of hydrogen-bond acceptors (Lipinski definition) is 4. The van der Waals surface area contributed by atoms with Gasteiger partial charge in [-0.1, -0.05) is 12.1 Å². The van der Waals surface area contributed by atoms with Crippen molar-refractivity contribution >= 4 is 15.6 Å². The van der Waals surface area contributed by atoms with E-state index in [2.05, 4.69) is 4.74 Å². The Morgan fingerprint density at radius 3 is 2.62 bits per heavy atom. The summed E-state index contributed by atoms with van der Waals surface area (Å²) in [6, 6.07) is 4.79. The molecular weight excluding hydrogens is 309 g/mol. The minimum absolute atomic E-state index is 0.00863. The van der Waals surface area contributed by atoms with Gasteiger partial charge in [-0.25, -0.2) is 8.42 Å². The maximum Gasteiger partial charge on any atom is 0.573 e. The first-order valence-corrected chi connectivity index (χ1v) is 8.06. The number of carbonyl (C=O) groups is 1. The van der Waals surface area contributed by atoms with Crippen molar-refractivity contribution in [3.63, 3.8) is 0 Å². The smallest absolute Gasteiger partial charge is 0.406 e. The molecule has 0 N–H and O–H groups in total. The summed E-state index contributed by atoms with van der Waals surface area (Å²) in [5.41, 5.74) is 0.0843. The maximum atomic E-state index is 12.1. The molecule has 116 valence electrons. The summed E-state index contributed by atoms with van der Waals surface area (Å²) >= 11 is 0. The first kappa shape index (κ1) is 15.8. The van der Waals surface area contributed by atoms with Crippen LogP contribution < -0.4 is 4.74 Å². The van der Waals surface area contributed by atoms with E-state index < -0.39 is 21.9 Å². The number of ether oxygens (including phenoxy) is 1. The summed E-state index contributed by atoms with van der Waals surface area (Å²) in [5, 5.41) is 0. The number of halogens is 3. The van der Waals surface area contributed by atoms with Crippen molar-refractivity contribution < 1.29 is 31.1 Å². The van der Waals surface area contributed by atoms with Crippen LogP contribution in [-0.4, -0.2) is 32.1 Å². The molecule has 0 aromatic heterocycles. The Kier molecular flexibility index (Phi) is 4.27. The average Bonchev–Trinajstić information content (AvgIpc) is 2.66. The van der Waals surface area contributed by atoms with Crippen LogP contribution in [0.3, 0.4) is 0 Å². The molecule has 1 aliphatic heterocycles. The fourth-order valence-corrected chi connectivity index (χ4v) is 4.14. The average molecular weight is 322 g/mol. The van der Waals surface area contributed by atoms with Crippen molar-refractivity contribution in [2.45, 2.75) is 19.2 Å². The monoisotopic (exact) mass is 322 g/mol. The van der Waals surface area contributed by atoms with Crippen LogP contribution in [0, 0.1) is 5.92 Å². The Morgan fingerprint density at radius 2 is 2.05 bits per heavy atom. The van der Waals surface area contributed by atoms with Gasteiger partial charge in [0.1, 0.15) is 5.75 Å². The molecule has 1 aromatic rings. The van der Waals surface area contributed by atoms with Crippen LogP contribution in [-0.2, 0) is 9.84 Å². The summed E-state index contributed by atoms with van der Waals surface area (Å²) < 4.78 is 62.7. The molecule has 1 atom stereocenters. The molecule has 4 nitrogen and oxygen atoms in total. The quantitative estimate of drug-likeness (QED) is 0.800. The summed E-state index contributed by atoms with van der Waals surface area (Å²) in [7, 11) is -3.08. The van der Waals surface area contributed by atoms with Gasteiger partial charge in [-0.15, -0.1) is 13.2 Å². The molecule has 0 spiro atoms. The molecule has 1 unspecified atom stereocenters. The number of sulfone groups is 1. The summed E-state index contributed by atoms with van der Waals surface area (Å²) in [6.07, 6.45) is -4.40. The molecule has 1 aliphatic rings. The van der Waals surface area contributed by atoms with Gasteiger partial charge < -0.3 is 4.74 Å². The lowest BCUT2D eigenvalue weighted by molar-refractivity contribution is -0.274. The Hall–Kier alpha value is -1.57. The second-order valence-corrected chi connectivity index (χ2v) is 7.20. The summed E-state index contributed by atoms with van der Waals surface area (Å²) in [5.74, 6) is -1.11. The zero-order valence-electron chi connectivity index (χ0n) is 10.9. The third kappa shape index (κ3) is 4.73. The van der Waals surface area contributed by atoms with Crippen LogP contribution in [0.25, 0.3) is 0 Å². The van der Waals surface area contributed by atoms with E-state index >= 15 is 0 Å². The zero-order valence-corrected chi connectivity index (χ0v) is 11.7. The highest BCUT2D eigenvalue weighted by Crippen LogP contribution is 2.26. The minimum Gasteiger partial charge on any atom is -0.406 e. The Labute approximate surface area is 119 Å². The minimum atomic E-state index is -4.82. The number of hydrogen-bond donors (Lipinski definition) is 0. The molecule has 0 bridgehead atoms. The SMILES string of the molecule is O=C(CC1CCS(=O)(=O)C1)c1cccc(OC(F)(F)F)c1. The normalized spacial score (nSPS) is 21.2. The Bertz CT molecular complexity index is 637. The van der Waals surface area contributed by atoms with Crippen molar-refractivity contribution in [1.29, 1.82) is 0 Å². The molecule has 0 aliphatic carbocycles. The van der Waals surface area contributed by atoms with Crippen molar-refractivity contribution in [2.24, 2.45) is 5.92 Å². The van der Waals surface area contributed by atoms with Crippen LogP contribution in [0.4, 0.5) is 13.2 Å². The van der Waals surface area contributed by atoms with E-state index in [1.807, 2.05) is 0 Å². The highest BCUT2D eigenvalue weighted by molar-refractivity contribution is 7.91. The van der Waals surface area contributed by atoms with Crippen molar-refractivity contribution in [1.82, 2.24) is 0 Å². The van der Waals surface area contributed by atoms with Gasteiger partial charge in [0.25, 0.3) is 0 Å². The lowest BCUT2D eigenvalue weighted by Gasteiger charge is -2.10. The first-order valence-electron chi connectivity index (χ1n) is 6.24. The highest BCUT2D eigenvalue weighted by Gasteiger charge is 2.32. The van der Waals surface area contributed by atoms with E-state index in [1.54, 1.807) is 0 Å². The topological polar surface area (TPSA) is 60.4 Å². The molecule has 21 heavy (non-hydrogen) atoms. The molecule has 1 fully saturated rings. The predicted octanol–water partition coefficient (Wildman–Crippen LogP) is 2.59. The van der Waals surface area contributed by atoms with Gasteiger partial charge in [-0.3, -0.25) is 4.79 Å². The molecule has 1 aromatic carbocycles. The van der Waals surface area contributed by atoms with Crippen molar-refractivity contribution in [3.8, 4) is 5.75 Å². The number of ketones is 1. The molecule has 0 radical (unpaired) electrons. The maximum absolute atomic E-state index is 12.1. The van der Waals surface area contributed by atoms with Gasteiger partial charge in [0, 0.05) is 12.0 Å². The third-order valence-corrected chi connectivity index (χ3v) is 5.03. The summed E-state index contributed by atoms with van der Waals surface area (Å²) in [4.78, 5) is 12.0. The Balaban J connectivity index is 2.04. The van der Waals surface area contributed by atoms with E-state index in [1.165, 1.54) is 12.1 Å². The molecule has 1 heterocycles. The van der Waals surface area contributed by atoms with Crippen molar-refractivity contribution in [2.75, 3.05) is 11.5 Å². The third-order valence-electron chi connectivity index (χ3n) is 3.19. The van der Waals surface area contributed by atoms with Crippen LogP contribution in [0.2, 0.25) is 0 Å². The fourth-order valence-electron chi connectivity index (χ4n) is 2.28. The number of benzene rings is 1. The van der Waals surface area contributed by atoms with Crippen LogP contribution >= 0.6 is 0 Å². The van der Waals surface area contributed by atoms with Gasteiger partial charge in [-0.2, -0.15) is 0 Å². The number of Topliss-reactive ketones (excluding diaryl/α,β-unsaturated/α-hetero) is 1. The van der Waals surface area contributed by atoms with Gasteiger partial charge in [0.2, 0.25) is 0 Å².